The highest BCUT2D eigenvalue weighted by molar-refractivity contribution is 7.21. The van der Waals surface area contributed by atoms with Gasteiger partial charge in [0.05, 0.1) is 18.1 Å². The number of amides is 1. The molecule has 4 saturated heterocycles. The van der Waals surface area contributed by atoms with E-state index in [1.807, 2.05) is 0 Å². The summed E-state index contributed by atoms with van der Waals surface area (Å²) in [6.45, 7) is 8.49. The van der Waals surface area contributed by atoms with Crippen LogP contribution in [0.3, 0.4) is 0 Å². The average molecular weight is 371 g/mol. The van der Waals surface area contributed by atoms with Crippen molar-refractivity contribution < 1.29 is 9.53 Å². The van der Waals surface area contributed by atoms with Gasteiger partial charge >= 0.3 is 0 Å². The molecule has 1 aromatic carbocycles. The van der Waals surface area contributed by atoms with Crippen molar-refractivity contribution >= 4 is 27.3 Å². The second kappa shape index (κ2) is 6.04. The maximum absolute atomic E-state index is 13.1. The van der Waals surface area contributed by atoms with Crippen molar-refractivity contribution in [1.29, 1.82) is 0 Å². The molecule has 26 heavy (non-hydrogen) atoms. The third kappa shape index (κ3) is 2.52. The highest BCUT2D eigenvalue weighted by Gasteiger charge is 2.48. The molecular weight excluding hydrogens is 344 g/mol. The molecule has 2 aromatic rings. The number of piperidine rings is 3. The molecule has 1 amide bonds. The summed E-state index contributed by atoms with van der Waals surface area (Å²) in [6, 6.07) is 8.70. The topological polar surface area (TPSA) is 41.6 Å². The molecule has 5 heterocycles. The Labute approximate surface area is 158 Å². The van der Waals surface area contributed by atoms with Crippen LogP contribution in [0, 0.1) is 5.92 Å². The molecule has 4 nitrogen and oxygen atoms in total. The lowest BCUT2D eigenvalue weighted by Crippen LogP contribution is -2.69. The zero-order chi connectivity index (χ0) is 17.9. The molecule has 0 spiro atoms. The second-order valence-corrected chi connectivity index (χ2v) is 9.59. The lowest BCUT2D eigenvalue weighted by Gasteiger charge is -2.56. The van der Waals surface area contributed by atoms with Crippen molar-refractivity contribution in [3.05, 3.63) is 34.7 Å². The molecule has 6 rings (SSSR count). The molecule has 0 aliphatic carbocycles. The Balaban J connectivity index is 1.42. The number of benzene rings is 1. The van der Waals surface area contributed by atoms with Crippen LogP contribution in [0.15, 0.2) is 24.3 Å². The third-order valence-corrected chi connectivity index (χ3v) is 7.95. The Bertz CT molecular complexity index is 847. The quantitative estimate of drug-likeness (QED) is 0.897. The number of hydrogen-bond acceptors (Lipinski definition) is 4. The van der Waals surface area contributed by atoms with Crippen LogP contribution in [-0.2, 0) is 4.74 Å². The van der Waals surface area contributed by atoms with E-state index in [-0.39, 0.29) is 17.5 Å². The first kappa shape index (κ1) is 16.7. The largest absolute Gasteiger partial charge is 0.380 e. The van der Waals surface area contributed by atoms with E-state index in [0.29, 0.717) is 11.8 Å². The highest BCUT2D eigenvalue weighted by atomic mass is 32.1. The summed E-state index contributed by atoms with van der Waals surface area (Å²) in [5, 5.41) is 4.58. The SMILES string of the molecule is CC1(C)[C@@H](NC(=O)c2cc3cccc(C4COC4)c3s2)C2CCN1CC2. The van der Waals surface area contributed by atoms with Gasteiger partial charge in [-0.05, 0) is 62.7 Å². The van der Waals surface area contributed by atoms with Crippen LogP contribution < -0.4 is 5.32 Å². The van der Waals surface area contributed by atoms with Crippen molar-refractivity contribution in [2.75, 3.05) is 26.3 Å². The zero-order valence-electron chi connectivity index (χ0n) is 15.5. The Morgan fingerprint density at radius 1 is 1.27 bits per heavy atom. The lowest BCUT2D eigenvalue weighted by atomic mass is 9.72. The molecule has 2 bridgehead atoms. The van der Waals surface area contributed by atoms with Crippen molar-refractivity contribution in [1.82, 2.24) is 10.2 Å². The van der Waals surface area contributed by atoms with Gasteiger partial charge in [0.2, 0.25) is 0 Å². The normalized spacial score (nSPS) is 30.3. The number of hydrogen-bond donors (Lipinski definition) is 1. The molecule has 0 radical (unpaired) electrons. The van der Waals surface area contributed by atoms with Crippen LogP contribution in [0.5, 0.6) is 0 Å². The molecule has 0 saturated carbocycles. The zero-order valence-corrected chi connectivity index (χ0v) is 16.3. The summed E-state index contributed by atoms with van der Waals surface area (Å²) in [6.07, 6.45) is 2.40. The Morgan fingerprint density at radius 2 is 2.04 bits per heavy atom. The van der Waals surface area contributed by atoms with Crippen LogP contribution in [-0.4, -0.2) is 48.7 Å². The summed E-state index contributed by atoms with van der Waals surface area (Å²) < 4.78 is 6.61. The van der Waals surface area contributed by atoms with Gasteiger partial charge in [-0.1, -0.05) is 18.2 Å². The van der Waals surface area contributed by atoms with Crippen LogP contribution in [0.1, 0.15) is 47.8 Å². The minimum atomic E-state index is 0.0436. The number of ether oxygens (including phenoxy) is 1. The van der Waals surface area contributed by atoms with E-state index in [2.05, 4.69) is 48.3 Å². The minimum Gasteiger partial charge on any atom is -0.380 e. The summed E-state index contributed by atoms with van der Waals surface area (Å²) in [7, 11) is 0. The standard InChI is InChI=1S/C21H26N2O2S/c1-21(2)19(13-6-8-23(21)9-7-13)22-20(24)17-10-14-4-3-5-16(18(14)26-17)15-11-25-12-15/h3-5,10,13,15,19H,6-9,11-12H2,1-2H3,(H,22,24)/t19-/m0/s1. The summed E-state index contributed by atoms with van der Waals surface area (Å²) in [5.74, 6) is 1.18. The molecule has 1 aromatic heterocycles. The van der Waals surface area contributed by atoms with Crippen LogP contribution in [0.25, 0.3) is 10.1 Å². The number of nitrogens with one attached hydrogen (secondary N) is 1. The second-order valence-electron chi connectivity index (χ2n) is 8.54. The molecule has 4 aliphatic rings. The van der Waals surface area contributed by atoms with E-state index in [1.165, 1.54) is 41.6 Å². The van der Waals surface area contributed by atoms with Gasteiger partial charge in [-0.2, -0.15) is 0 Å². The molecule has 5 heteroatoms. The maximum Gasteiger partial charge on any atom is 0.261 e. The van der Waals surface area contributed by atoms with E-state index >= 15 is 0 Å². The number of carbonyl (C=O) groups excluding carboxylic acids is 1. The van der Waals surface area contributed by atoms with Gasteiger partial charge in [0, 0.05) is 22.2 Å². The molecule has 1 atom stereocenters. The average Bonchev–Trinajstić information content (AvgIpc) is 3.02. The lowest BCUT2D eigenvalue weighted by molar-refractivity contribution is -0.0377. The minimum absolute atomic E-state index is 0.0436. The smallest absolute Gasteiger partial charge is 0.261 e. The van der Waals surface area contributed by atoms with E-state index in [0.717, 1.165) is 18.1 Å². The summed E-state index contributed by atoms with van der Waals surface area (Å²) in [4.78, 5) is 16.4. The van der Waals surface area contributed by atoms with Gasteiger partial charge < -0.3 is 10.1 Å². The first-order valence-electron chi connectivity index (χ1n) is 9.70. The Hall–Kier alpha value is -1.43. The fraction of sp³-hybridized carbons (Fsp3) is 0.571. The van der Waals surface area contributed by atoms with Gasteiger partial charge in [-0.15, -0.1) is 11.3 Å². The van der Waals surface area contributed by atoms with Gasteiger partial charge in [0.15, 0.2) is 0 Å². The van der Waals surface area contributed by atoms with E-state index in [4.69, 9.17) is 4.74 Å². The van der Waals surface area contributed by atoms with Crippen molar-refractivity contribution in [2.45, 2.75) is 44.2 Å². The predicted molar refractivity (Wildman–Crippen MR) is 105 cm³/mol. The van der Waals surface area contributed by atoms with E-state index < -0.39 is 0 Å². The van der Waals surface area contributed by atoms with Gasteiger partial charge in [0.1, 0.15) is 0 Å². The monoisotopic (exact) mass is 370 g/mol. The van der Waals surface area contributed by atoms with E-state index in [9.17, 15) is 4.79 Å². The fourth-order valence-corrected chi connectivity index (χ4v) is 6.18. The molecule has 138 valence electrons. The first-order valence-corrected chi connectivity index (χ1v) is 10.5. The van der Waals surface area contributed by atoms with Gasteiger partial charge in [-0.3, -0.25) is 9.69 Å². The summed E-state index contributed by atoms with van der Waals surface area (Å²) >= 11 is 1.64. The van der Waals surface area contributed by atoms with E-state index in [1.54, 1.807) is 11.3 Å². The predicted octanol–water partition coefficient (Wildman–Crippen LogP) is 3.62. The third-order valence-electron chi connectivity index (χ3n) is 6.75. The van der Waals surface area contributed by atoms with Crippen molar-refractivity contribution in [3.8, 4) is 0 Å². The molecular formula is C21H26N2O2S. The Morgan fingerprint density at radius 3 is 2.69 bits per heavy atom. The van der Waals surface area contributed by atoms with Gasteiger partial charge in [-0.25, -0.2) is 0 Å². The molecule has 4 fully saturated rings. The molecule has 0 unspecified atom stereocenters. The van der Waals surface area contributed by atoms with Crippen molar-refractivity contribution in [2.24, 2.45) is 5.92 Å². The fourth-order valence-electron chi connectivity index (χ4n) is 5.02. The first-order chi connectivity index (χ1) is 12.5. The number of rotatable bonds is 3. The van der Waals surface area contributed by atoms with Crippen molar-refractivity contribution in [3.63, 3.8) is 0 Å². The van der Waals surface area contributed by atoms with Crippen LogP contribution in [0.4, 0.5) is 0 Å². The number of carbonyl (C=O) groups is 1. The van der Waals surface area contributed by atoms with Crippen LogP contribution >= 0.6 is 11.3 Å². The number of nitrogens with zero attached hydrogens (tertiary/aromatic N) is 1. The number of thiophene rings is 1. The van der Waals surface area contributed by atoms with Gasteiger partial charge in [0.25, 0.3) is 5.91 Å². The molecule has 4 aliphatic heterocycles. The Kier molecular flexibility index (Phi) is 3.89. The maximum atomic E-state index is 13.1. The molecule has 1 N–H and O–H groups in total. The van der Waals surface area contributed by atoms with Crippen LogP contribution in [0.2, 0.25) is 0 Å². The highest BCUT2D eigenvalue weighted by Crippen LogP contribution is 2.40. The summed E-state index contributed by atoms with van der Waals surface area (Å²) in [5.41, 5.74) is 1.38. The number of fused-ring (bicyclic) bond motifs is 4.